The van der Waals surface area contributed by atoms with Crippen molar-refractivity contribution in [2.45, 2.75) is 13.5 Å². The highest BCUT2D eigenvalue weighted by Crippen LogP contribution is 2.06. The number of amides is 1. The first kappa shape index (κ1) is 15.6. The number of tetrazole rings is 1. The molecule has 4 aromatic rings. The number of carbonyl (C=O) groups excluding carboxylic acids is 1. The number of para-hydroxylation sites is 1. The summed E-state index contributed by atoms with van der Waals surface area (Å²) in [6.45, 7) is 1.74. The number of benzene rings is 1. The molecule has 11 heteroatoms. The van der Waals surface area contributed by atoms with Gasteiger partial charge in [-0.1, -0.05) is 18.2 Å². The van der Waals surface area contributed by atoms with Gasteiger partial charge in [0.2, 0.25) is 0 Å². The number of fused-ring (bicyclic) bond motifs is 1. The second kappa shape index (κ2) is 6.20. The standard InChI is InChI=1S/C15H13N9O2/c1-9-18-15-17-7-11(14(26)24(15)20-9)13(25)16-8-12-19-21-22-23(12)10-5-3-2-4-6-10/h2-7H,8H2,1H3,(H,16,25)(H,17,18,20). The third-order valence-electron chi connectivity index (χ3n) is 3.67. The van der Waals surface area contributed by atoms with E-state index in [9.17, 15) is 9.59 Å². The van der Waals surface area contributed by atoms with E-state index in [0.717, 1.165) is 10.2 Å². The molecule has 4 rings (SSSR count). The monoisotopic (exact) mass is 351 g/mol. The Morgan fingerprint density at radius 1 is 1.27 bits per heavy atom. The lowest BCUT2D eigenvalue weighted by molar-refractivity contribution is 0.0947. The van der Waals surface area contributed by atoms with E-state index in [1.165, 1.54) is 10.9 Å². The molecule has 1 amide bonds. The van der Waals surface area contributed by atoms with E-state index in [1.54, 1.807) is 6.92 Å². The molecule has 26 heavy (non-hydrogen) atoms. The van der Waals surface area contributed by atoms with Gasteiger partial charge < -0.3 is 5.32 Å². The number of H-pyrrole nitrogens is 1. The first-order valence-corrected chi connectivity index (χ1v) is 7.69. The largest absolute Gasteiger partial charge is 0.344 e. The molecule has 0 saturated heterocycles. The zero-order chi connectivity index (χ0) is 18.1. The molecule has 0 radical (unpaired) electrons. The van der Waals surface area contributed by atoms with Crippen LogP contribution in [-0.4, -0.2) is 45.7 Å². The zero-order valence-corrected chi connectivity index (χ0v) is 13.6. The molecule has 1 aromatic carbocycles. The number of nitrogens with zero attached hydrogens (tertiary/aromatic N) is 7. The number of aromatic nitrogens is 8. The van der Waals surface area contributed by atoms with E-state index in [0.29, 0.717) is 11.6 Å². The predicted molar refractivity (Wildman–Crippen MR) is 88.7 cm³/mol. The van der Waals surface area contributed by atoms with Gasteiger partial charge in [-0.15, -0.1) is 5.10 Å². The number of nitrogens with one attached hydrogen (secondary N) is 2. The minimum Gasteiger partial charge on any atom is -0.344 e. The second-order valence-electron chi connectivity index (χ2n) is 5.45. The van der Waals surface area contributed by atoms with Crippen LogP contribution in [0.2, 0.25) is 0 Å². The van der Waals surface area contributed by atoms with Crippen molar-refractivity contribution in [2.75, 3.05) is 0 Å². The van der Waals surface area contributed by atoms with Gasteiger partial charge in [-0.3, -0.25) is 14.7 Å². The fourth-order valence-electron chi connectivity index (χ4n) is 2.46. The quantitative estimate of drug-likeness (QED) is 0.512. The molecule has 2 N–H and O–H groups in total. The first-order chi connectivity index (χ1) is 12.6. The van der Waals surface area contributed by atoms with Crippen molar-refractivity contribution in [1.82, 2.24) is 45.1 Å². The van der Waals surface area contributed by atoms with E-state index >= 15 is 0 Å². The van der Waals surface area contributed by atoms with Crippen LogP contribution < -0.4 is 10.9 Å². The van der Waals surface area contributed by atoms with Crippen molar-refractivity contribution in [3.05, 3.63) is 64.1 Å². The average Bonchev–Trinajstić information content (AvgIpc) is 3.27. The fraction of sp³-hybridized carbons (Fsp3) is 0.133. The molecular formula is C15H13N9O2. The predicted octanol–water partition coefficient (Wildman–Crippen LogP) is -0.368. The summed E-state index contributed by atoms with van der Waals surface area (Å²) >= 11 is 0. The third kappa shape index (κ3) is 2.70. The van der Waals surface area contributed by atoms with Gasteiger partial charge >= 0.3 is 0 Å². The smallest absolute Gasteiger partial charge is 0.286 e. The van der Waals surface area contributed by atoms with Gasteiger partial charge in [-0.2, -0.15) is 14.2 Å². The lowest BCUT2D eigenvalue weighted by Crippen LogP contribution is -2.32. The molecule has 0 atom stereocenters. The summed E-state index contributed by atoms with van der Waals surface area (Å²) in [4.78, 5) is 32.8. The van der Waals surface area contributed by atoms with Crippen LogP contribution in [0.3, 0.4) is 0 Å². The van der Waals surface area contributed by atoms with Crippen molar-refractivity contribution < 1.29 is 4.79 Å². The number of carbonyl (C=O) groups is 1. The van der Waals surface area contributed by atoms with Gasteiger partial charge in [0, 0.05) is 6.20 Å². The van der Waals surface area contributed by atoms with Crippen LogP contribution in [0.15, 0.2) is 41.3 Å². The maximum absolute atomic E-state index is 12.4. The molecule has 0 unspecified atom stereocenters. The number of aryl methyl sites for hydroxylation is 1. The van der Waals surface area contributed by atoms with Crippen LogP contribution in [0.1, 0.15) is 22.0 Å². The van der Waals surface area contributed by atoms with Crippen LogP contribution in [0.4, 0.5) is 0 Å². The summed E-state index contributed by atoms with van der Waals surface area (Å²) in [6, 6.07) is 9.27. The molecule has 0 aliphatic rings. The SMILES string of the molecule is Cc1nc2ncc(C(=O)NCc3nnnn3-c3ccccc3)c(=O)n2[nH]1. The molecule has 0 aliphatic heterocycles. The lowest BCUT2D eigenvalue weighted by Gasteiger charge is -2.06. The highest BCUT2D eigenvalue weighted by molar-refractivity contribution is 5.93. The Balaban J connectivity index is 1.56. The molecule has 0 spiro atoms. The second-order valence-corrected chi connectivity index (χ2v) is 5.45. The summed E-state index contributed by atoms with van der Waals surface area (Å²) in [6.07, 6.45) is 1.20. The number of rotatable bonds is 4. The lowest BCUT2D eigenvalue weighted by atomic mass is 10.3. The molecule has 0 saturated carbocycles. The van der Waals surface area contributed by atoms with Crippen molar-refractivity contribution >= 4 is 11.7 Å². The number of aromatic amines is 1. The van der Waals surface area contributed by atoms with Crippen LogP contribution in [0, 0.1) is 6.92 Å². The van der Waals surface area contributed by atoms with Crippen molar-refractivity contribution in [2.24, 2.45) is 0 Å². The van der Waals surface area contributed by atoms with Gasteiger partial charge in [0.1, 0.15) is 11.4 Å². The van der Waals surface area contributed by atoms with Crippen LogP contribution in [0.5, 0.6) is 0 Å². The summed E-state index contributed by atoms with van der Waals surface area (Å²) in [7, 11) is 0. The highest BCUT2D eigenvalue weighted by atomic mass is 16.2. The van der Waals surface area contributed by atoms with Crippen LogP contribution >= 0.6 is 0 Å². The average molecular weight is 351 g/mol. The van der Waals surface area contributed by atoms with E-state index < -0.39 is 11.5 Å². The van der Waals surface area contributed by atoms with Gasteiger partial charge in [0.05, 0.1) is 12.2 Å². The maximum atomic E-state index is 12.4. The van der Waals surface area contributed by atoms with Crippen LogP contribution in [-0.2, 0) is 6.54 Å². The molecule has 3 heterocycles. The fourth-order valence-corrected chi connectivity index (χ4v) is 2.46. The summed E-state index contributed by atoms with van der Waals surface area (Å²) < 4.78 is 2.63. The third-order valence-corrected chi connectivity index (χ3v) is 3.67. The molecule has 0 aliphatic carbocycles. The zero-order valence-electron chi connectivity index (χ0n) is 13.6. The minimum absolute atomic E-state index is 0.0465. The van der Waals surface area contributed by atoms with Crippen molar-refractivity contribution in [3.8, 4) is 5.69 Å². The molecule has 0 bridgehead atoms. The molecule has 0 fully saturated rings. The van der Waals surface area contributed by atoms with Crippen molar-refractivity contribution in [1.29, 1.82) is 0 Å². The maximum Gasteiger partial charge on any atom is 0.286 e. The van der Waals surface area contributed by atoms with E-state index in [-0.39, 0.29) is 17.9 Å². The van der Waals surface area contributed by atoms with Crippen LogP contribution in [0.25, 0.3) is 11.5 Å². The summed E-state index contributed by atoms with van der Waals surface area (Å²) in [5.41, 5.74) is 0.124. The van der Waals surface area contributed by atoms with Gasteiger partial charge in [0.25, 0.3) is 17.2 Å². The Bertz CT molecular complexity index is 1140. The number of hydrogen-bond donors (Lipinski definition) is 2. The van der Waals surface area contributed by atoms with Gasteiger partial charge in [0.15, 0.2) is 5.82 Å². The Kier molecular flexibility index (Phi) is 3.73. The number of hydrogen-bond acceptors (Lipinski definition) is 7. The topological polar surface area (TPSA) is 136 Å². The Hall–Kier alpha value is -3.89. The van der Waals surface area contributed by atoms with Gasteiger partial charge in [-0.05, 0) is 29.5 Å². The first-order valence-electron chi connectivity index (χ1n) is 7.69. The molecular weight excluding hydrogens is 338 g/mol. The molecule has 3 aromatic heterocycles. The Morgan fingerprint density at radius 3 is 2.88 bits per heavy atom. The molecule has 11 nitrogen and oxygen atoms in total. The normalized spacial score (nSPS) is 11.0. The molecule has 130 valence electrons. The minimum atomic E-state index is -0.577. The highest BCUT2D eigenvalue weighted by Gasteiger charge is 2.16. The Morgan fingerprint density at radius 2 is 2.08 bits per heavy atom. The van der Waals surface area contributed by atoms with E-state index in [1.807, 2.05) is 30.3 Å². The Labute approximate surface area is 145 Å². The van der Waals surface area contributed by atoms with Crippen molar-refractivity contribution in [3.63, 3.8) is 0 Å². The van der Waals surface area contributed by atoms with E-state index in [2.05, 4.69) is 35.9 Å². The summed E-state index contributed by atoms with van der Waals surface area (Å²) in [5, 5.41) is 16.8. The van der Waals surface area contributed by atoms with E-state index in [4.69, 9.17) is 0 Å². The van der Waals surface area contributed by atoms with Gasteiger partial charge in [-0.25, -0.2) is 4.98 Å². The summed E-state index contributed by atoms with van der Waals surface area (Å²) in [5.74, 6) is 0.578.